The molecule has 0 bridgehead atoms. The van der Waals surface area contributed by atoms with Gasteiger partial charge in [0.25, 0.3) is 0 Å². The van der Waals surface area contributed by atoms with Gasteiger partial charge in [0.05, 0.1) is 5.69 Å². The van der Waals surface area contributed by atoms with Crippen LogP contribution in [0.15, 0.2) is 24.3 Å². The maximum Gasteiger partial charge on any atom is 0.188 e. The van der Waals surface area contributed by atoms with Gasteiger partial charge >= 0.3 is 0 Å². The van der Waals surface area contributed by atoms with Gasteiger partial charge in [-0.1, -0.05) is 17.7 Å². The van der Waals surface area contributed by atoms with Crippen molar-refractivity contribution < 1.29 is 9.47 Å². The summed E-state index contributed by atoms with van der Waals surface area (Å²) in [7, 11) is 1.61. The Morgan fingerprint density at radius 3 is 2.71 bits per heavy atom. The quantitative estimate of drug-likeness (QED) is 0.784. The van der Waals surface area contributed by atoms with Crippen molar-refractivity contribution in [2.45, 2.75) is 25.7 Å². The third-order valence-corrected chi connectivity index (χ3v) is 3.96. The summed E-state index contributed by atoms with van der Waals surface area (Å²) in [5.41, 5.74) is 3.86. The predicted octanol–water partition coefficient (Wildman–Crippen LogP) is 3.97. The first-order chi connectivity index (χ1) is 10.2. The zero-order chi connectivity index (χ0) is 14.8. The number of hydrogen-bond donors (Lipinski definition) is 0. The van der Waals surface area contributed by atoms with Gasteiger partial charge in [-0.15, -0.1) is 10.2 Å². The third-order valence-electron chi connectivity index (χ3n) is 3.59. The number of nitrogens with zero attached hydrogens (tertiary/aromatic N) is 2. The van der Waals surface area contributed by atoms with Crippen LogP contribution in [0.2, 0.25) is 5.15 Å². The van der Waals surface area contributed by atoms with Crippen LogP contribution in [0.25, 0.3) is 11.3 Å². The number of halogens is 1. The fourth-order valence-corrected chi connectivity index (χ4v) is 2.36. The Balaban J connectivity index is 2.00. The summed E-state index contributed by atoms with van der Waals surface area (Å²) in [4.78, 5) is 0. The van der Waals surface area contributed by atoms with Crippen molar-refractivity contribution in [1.82, 2.24) is 10.2 Å². The molecule has 0 atom stereocenters. The maximum absolute atomic E-state index is 5.94. The normalized spacial score (nSPS) is 14.2. The zero-order valence-electron chi connectivity index (χ0n) is 12.1. The highest BCUT2D eigenvalue weighted by Gasteiger charge is 2.24. The molecule has 3 rings (SSSR count). The van der Waals surface area contributed by atoms with Crippen LogP contribution in [0, 0.1) is 6.92 Å². The topological polar surface area (TPSA) is 44.2 Å². The molecule has 1 saturated carbocycles. The highest BCUT2D eigenvalue weighted by molar-refractivity contribution is 6.30. The molecule has 1 aromatic carbocycles. The van der Waals surface area contributed by atoms with Crippen LogP contribution >= 0.6 is 11.6 Å². The number of rotatable bonds is 5. The van der Waals surface area contributed by atoms with Crippen molar-refractivity contribution in [3.8, 4) is 17.0 Å². The summed E-state index contributed by atoms with van der Waals surface area (Å²) in [6.45, 7) is 2.12. The van der Waals surface area contributed by atoms with Crippen LogP contribution < -0.4 is 4.74 Å². The lowest BCUT2D eigenvalue weighted by Gasteiger charge is -2.12. The lowest BCUT2D eigenvalue weighted by atomic mass is 10.0. The monoisotopic (exact) mass is 304 g/mol. The van der Waals surface area contributed by atoms with E-state index in [1.54, 1.807) is 7.11 Å². The van der Waals surface area contributed by atoms with Crippen LogP contribution in [0.1, 0.15) is 29.9 Å². The van der Waals surface area contributed by atoms with E-state index in [9.17, 15) is 0 Å². The number of aryl methyl sites for hydroxylation is 1. The van der Waals surface area contributed by atoms with Crippen LogP contribution in [0.3, 0.4) is 0 Å². The van der Waals surface area contributed by atoms with E-state index in [1.165, 1.54) is 18.4 Å². The molecular weight excluding hydrogens is 288 g/mol. The molecule has 1 aliphatic carbocycles. The highest BCUT2D eigenvalue weighted by atomic mass is 35.5. The third kappa shape index (κ3) is 3.17. The van der Waals surface area contributed by atoms with E-state index in [2.05, 4.69) is 22.3 Å². The minimum Gasteiger partial charge on any atom is -0.467 e. The van der Waals surface area contributed by atoms with Crippen molar-refractivity contribution in [1.29, 1.82) is 0 Å². The molecule has 0 N–H and O–H groups in total. The maximum atomic E-state index is 5.94. The second-order valence-electron chi connectivity index (χ2n) is 5.28. The van der Waals surface area contributed by atoms with Crippen molar-refractivity contribution in [3.63, 3.8) is 0 Å². The molecule has 1 aromatic heterocycles. The SMILES string of the molecule is COCOc1cc(C2CC2)ccc1-c1cc(C)c(Cl)nn1. The van der Waals surface area contributed by atoms with Gasteiger partial charge in [-0.2, -0.15) is 0 Å². The number of methoxy groups -OCH3 is 1. The van der Waals surface area contributed by atoms with E-state index in [1.807, 2.05) is 19.1 Å². The second-order valence-corrected chi connectivity index (χ2v) is 5.64. The number of benzene rings is 1. The molecule has 0 amide bonds. The zero-order valence-corrected chi connectivity index (χ0v) is 12.9. The van der Waals surface area contributed by atoms with Gasteiger partial charge in [-0.25, -0.2) is 0 Å². The summed E-state index contributed by atoms with van der Waals surface area (Å²) < 4.78 is 10.7. The Bertz CT molecular complexity index is 657. The average molecular weight is 305 g/mol. The van der Waals surface area contributed by atoms with Crippen molar-refractivity contribution in [3.05, 3.63) is 40.5 Å². The fraction of sp³-hybridized carbons (Fsp3) is 0.375. The smallest absolute Gasteiger partial charge is 0.188 e. The molecule has 1 fully saturated rings. The number of ether oxygens (including phenoxy) is 2. The molecule has 21 heavy (non-hydrogen) atoms. The molecule has 4 nitrogen and oxygen atoms in total. The summed E-state index contributed by atoms with van der Waals surface area (Å²) in [5.74, 6) is 1.44. The lowest BCUT2D eigenvalue weighted by molar-refractivity contribution is 0.0514. The van der Waals surface area contributed by atoms with E-state index >= 15 is 0 Å². The first-order valence-electron chi connectivity index (χ1n) is 6.95. The Labute approximate surface area is 129 Å². The molecule has 5 heteroatoms. The number of hydrogen-bond acceptors (Lipinski definition) is 4. The van der Waals surface area contributed by atoms with E-state index in [4.69, 9.17) is 21.1 Å². The Kier molecular flexibility index (Phi) is 4.08. The van der Waals surface area contributed by atoms with E-state index in [0.717, 1.165) is 22.6 Å². The molecular formula is C16H17ClN2O2. The van der Waals surface area contributed by atoms with E-state index < -0.39 is 0 Å². The van der Waals surface area contributed by atoms with Crippen LogP contribution in [-0.2, 0) is 4.74 Å². The average Bonchev–Trinajstić information content (AvgIpc) is 3.32. The molecule has 0 radical (unpaired) electrons. The molecule has 0 saturated heterocycles. The molecule has 0 unspecified atom stereocenters. The lowest BCUT2D eigenvalue weighted by Crippen LogP contribution is -2.02. The van der Waals surface area contributed by atoms with Crippen molar-refractivity contribution in [2.24, 2.45) is 0 Å². The van der Waals surface area contributed by atoms with Gasteiger partial charge in [0.1, 0.15) is 5.75 Å². The van der Waals surface area contributed by atoms with Gasteiger partial charge in [-0.3, -0.25) is 0 Å². The molecule has 0 spiro atoms. The Morgan fingerprint density at radius 2 is 2.05 bits per heavy atom. The van der Waals surface area contributed by atoms with Gasteiger partial charge in [0.15, 0.2) is 11.9 Å². The van der Waals surface area contributed by atoms with Crippen molar-refractivity contribution in [2.75, 3.05) is 13.9 Å². The van der Waals surface area contributed by atoms with Crippen LogP contribution in [0.5, 0.6) is 5.75 Å². The largest absolute Gasteiger partial charge is 0.467 e. The summed E-state index contributed by atoms with van der Waals surface area (Å²) in [6.07, 6.45) is 2.51. The predicted molar refractivity (Wildman–Crippen MR) is 81.7 cm³/mol. The second kappa shape index (κ2) is 6.00. The highest BCUT2D eigenvalue weighted by Crippen LogP contribution is 2.43. The molecule has 0 aliphatic heterocycles. The van der Waals surface area contributed by atoms with Gasteiger partial charge in [0.2, 0.25) is 0 Å². The van der Waals surface area contributed by atoms with Gasteiger partial charge in [-0.05, 0) is 55.0 Å². The molecule has 1 aliphatic rings. The standard InChI is InChI=1S/C16H17ClN2O2/c1-10-7-14(18-19-16(10)17)13-6-5-12(11-3-4-11)8-15(13)21-9-20-2/h5-8,11H,3-4,9H2,1-2H3. The first kappa shape index (κ1) is 14.3. The number of aromatic nitrogens is 2. The van der Waals surface area contributed by atoms with E-state index in [0.29, 0.717) is 11.1 Å². The fourth-order valence-electron chi connectivity index (χ4n) is 2.26. The van der Waals surface area contributed by atoms with Crippen LogP contribution in [0.4, 0.5) is 0 Å². The summed E-state index contributed by atoms with van der Waals surface area (Å²) in [6, 6.07) is 8.17. The van der Waals surface area contributed by atoms with E-state index in [-0.39, 0.29) is 6.79 Å². The van der Waals surface area contributed by atoms with Crippen molar-refractivity contribution >= 4 is 11.6 Å². The first-order valence-corrected chi connectivity index (χ1v) is 7.32. The molecule has 110 valence electrons. The van der Waals surface area contributed by atoms with Gasteiger partial charge in [0, 0.05) is 12.7 Å². The van der Waals surface area contributed by atoms with Crippen LogP contribution in [-0.4, -0.2) is 24.1 Å². The molecule has 2 aromatic rings. The van der Waals surface area contributed by atoms with Gasteiger partial charge < -0.3 is 9.47 Å². The minimum absolute atomic E-state index is 0.209. The summed E-state index contributed by atoms with van der Waals surface area (Å²) >= 11 is 5.94. The molecule has 1 heterocycles. The Morgan fingerprint density at radius 1 is 1.24 bits per heavy atom. The Hall–Kier alpha value is -1.65. The summed E-state index contributed by atoms with van der Waals surface area (Å²) in [5, 5.41) is 8.56. The minimum atomic E-state index is 0.209.